The summed E-state index contributed by atoms with van der Waals surface area (Å²) in [6.45, 7) is 6.67. The van der Waals surface area contributed by atoms with Gasteiger partial charge in [-0.05, 0) is 32.6 Å². The Labute approximate surface area is 148 Å². The number of hydrogen-bond donors (Lipinski definition) is 0. The van der Waals surface area contributed by atoms with E-state index < -0.39 is 0 Å². The number of amides is 1. The Balaban J connectivity index is 1.55. The summed E-state index contributed by atoms with van der Waals surface area (Å²) in [4.78, 5) is 25.6. The van der Waals surface area contributed by atoms with Crippen LogP contribution in [0.2, 0.25) is 0 Å². The van der Waals surface area contributed by atoms with E-state index >= 15 is 0 Å². The second-order valence-corrected chi connectivity index (χ2v) is 6.94. The average Bonchev–Trinajstić information content (AvgIpc) is 3.03. The summed E-state index contributed by atoms with van der Waals surface area (Å²) >= 11 is 0. The topological polar surface area (TPSA) is 67.2 Å². The molecule has 0 atom stereocenters. The maximum atomic E-state index is 12.4. The van der Waals surface area contributed by atoms with Gasteiger partial charge in [-0.15, -0.1) is 0 Å². The highest BCUT2D eigenvalue weighted by molar-refractivity contribution is 5.93. The van der Waals surface area contributed by atoms with Gasteiger partial charge in [0.05, 0.1) is 23.1 Å². The highest BCUT2D eigenvalue weighted by atomic mass is 16.2. The fourth-order valence-corrected chi connectivity index (χ4v) is 3.37. The molecule has 1 amide bonds. The highest BCUT2D eigenvalue weighted by Crippen LogP contribution is 2.24. The van der Waals surface area contributed by atoms with Gasteiger partial charge in [-0.3, -0.25) is 14.5 Å². The lowest BCUT2D eigenvalue weighted by molar-refractivity contribution is 0.0765. The molecule has 0 aromatic carbocycles. The van der Waals surface area contributed by atoms with Crippen LogP contribution in [0.5, 0.6) is 0 Å². The zero-order valence-corrected chi connectivity index (χ0v) is 15.4. The van der Waals surface area contributed by atoms with Crippen LogP contribution in [-0.4, -0.2) is 57.2 Å². The van der Waals surface area contributed by atoms with E-state index in [2.05, 4.69) is 20.0 Å². The van der Waals surface area contributed by atoms with Crippen molar-refractivity contribution in [2.24, 2.45) is 13.0 Å². The van der Waals surface area contributed by atoms with Gasteiger partial charge in [0.1, 0.15) is 5.82 Å². The molecular formula is C18H26N6O. The van der Waals surface area contributed by atoms with E-state index in [9.17, 15) is 4.79 Å². The number of rotatable bonds is 4. The van der Waals surface area contributed by atoms with Gasteiger partial charge >= 0.3 is 0 Å². The number of aryl methyl sites for hydroxylation is 3. The minimum atomic E-state index is 0.0379. The molecule has 25 heavy (non-hydrogen) atoms. The zero-order chi connectivity index (χ0) is 18.0. The predicted molar refractivity (Wildman–Crippen MR) is 96.6 cm³/mol. The molecule has 1 fully saturated rings. The first kappa shape index (κ1) is 17.4. The van der Waals surface area contributed by atoms with E-state index in [0.717, 1.165) is 49.7 Å². The van der Waals surface area contributed by atoms with Gasteiger partial charge in [-0.1, -0.05) is 0 Å². The molecule has 134 valence electrons. The van der Waals surface area contributed by atoms with Gasteiger partial charge in [0.25, 0.3) is 5.91 Å². The summed E-state index contributed by atoms with van der Waals surface area (Å²) in [5, 5.41) is 4.08. The minimum absolute atomic E-state index is 0.0379. The average molecular weight is 342 g/mol. The van der Waals surface area contributed by atoms with Crippen LogP contribution in [0.15, 0.2) is 18.6 Å². The second kappa shape index (κ2) is 7.21. The molecule has 0 aliphatic carbocycles. The van der Waals surface area contributed by atoms with Gasteiger partial charge in [0.15, 0.2) is 0 Å². The summed E-state index contributed by atoms with van der Waals surface area (Å²) in [6, 6.07) is 0. The van der Waals surface area contributed by atoms with Crippen molar-refractivity contribution in [3.05, 3.63) is 35.5 Å². The third kappa shape index (κ3) is 3.97. The highest BCUT2D eigenvalue weighted by Gasteiger charge is 2.24. The summed E-state index contributed by atoms with van der Waals surface area (Å²) in [5.41, 5.74) is 2.57. The molecule has 7 heteroatoms. The van der Waals surface area contributed by atoms with Crippen LogP contribution in [0.1, 0.15) is 34.6 Å². The van der Waals surface area contributed by atoms with Crippen LogP contribution in [0.3, 0.4) is 0 Å². The van der Waals surface area contributed by atoms with Crippen LogP contribution >= 0.6 is 0 Å². The third-order valence-electron chi connectivity index (χ3n) is 4.80. The fourth-order valence-electron chi connectivity index (χ4n) is 3.37. The minimum Gasteiger partial charge on any atom is -0.355 e. The molecule has 0 N–H and O–H groups in total. The zero-order valence-electron chi connectivity index (χ0n) is 15.4. The Bertz CT molecular complexity index is 748. The Morgan fingerprint density at radius 1 is 1.28 bits per heavy atom. The van der Waals surface area contributed by atoms with Crippen molar-refractivity contribution in [3.8, 4) is 0 Å². The van der Waals surface area contributed by atoms with E-state index in [0.29, 0.717) is 11.5 Å². The quantitative estimate of drug-likeness (QED) is 0.848. The first-order valence-corrected chi connectivity index (χ1v) is 8.73. The number of piperidine rings is 1. The Morgan fingerprint density at radius 3 is 2.64 bits per heavy atom. The van der Waals surface area contributed by atoms with Crippen molar-refractivity contribution in [2.75, 3.05) is 31.6 Å². The summed E-state index contributed by atoms with van der Waals surface area (Å²) in [7, 11) is 3.70. The monoisotopic (exact) mass is 342 g/mol. The Hall–Kier alpha value is -2.44. The number of carbonyl (C=O) groups is 1. The molecule has 2 aromatic rings. The van der Waals surface area contributed by atoms with E-state index in [4.69, 9.17) is 0 Å². The largest absolute Gasteiger partial charge is 0.355 e. The number of aromatic nitrogens is 4. The lowest BCUT2D eigenvalue weighted by Gasteiger charge is -2.35. The van der Waals surface area contributed by atoms with Crippen LogP contribution in [-0.2, 0) is 7.05 Å². The van der Waals surface area contributed by atoms with Gasteiger partial charge in [0, 0.05) is 46.1 Å². The van der Waals surface area contributed by atoms with Gasteiger partial charge in [-0.25, -0.2) is 4.98 Å². The summed E-state index contributed by atoms with van der Waals surface area (Å²) in [6.07, 6.45) is 7.31. The standard InChI is InChI=1S/C18H26N6O/c1-13-9-19-14(2)17(21-13)24-7-5-15(6-8-24)11-22(3)18(25)16-10-20-23(4)12-16/h9-10,12,15H,5-8,11H2,1-4H3. The number of nitrogens with zero attached hydrogens (tertiary/aromatic N) is 6. The molecule has 1 aliphatic heterocycles. The van der Waals surface area contributed by atoms with E-state index in [1.165, 1.54) is 0 Å². The lowest BCUT2D eigenvalue weighted by atomic mass is 9.96. The van der Waals surface area contributed by atoms with E-state index in [1.54, 1.807) is 17.1 Å². The second-order valence-electron chi connectivity index (χ2n) is 6.94. The van der Waals surface area contributed by atoms with Crippen molar-refractivity contribution in [1.29, 1.82) is 0 Å². The maximum Gasteiger partial charge on any atom is 0.256 e. The molecule has 3 heterocycles. The number of hydrogen-bond acceptors (Lipinski definition) is 5. The van der Waals surface area contributed by atoms with Crippen LogP contribution in [0.25, 0.3) is 0 Å². The SMILES string of the molecule is Cc1cnc(C)c(N2CCC(CN(C)C(=O)c3cnn(C)c3)CC2)n1. The molecule has 0 spiro atoms. The van der Waals surface area contributed by atoms with Crippen LogP contribution in [0.4, 0.5) is 5.82 Å². The molecule has 2 aromatic heterocycles. The maximum absolute atomic E-state index is 12.4. The molecule has 7 nitrogen and oxygen atoms in total. The van der Waals surface area contributed by atoms with Crippen molar-refractivity contribution in [3.63, 3.8) is 0 Å². The van der Waals surface area contributed by atoms with Crippen LogP contribution < -0.4 is 4.90 Å². The molecule has 0 bridgehead atoms. The number of carbonyl (C=O) groups excluding carboxylic acids is 1. The molecular weight excluding hydrogens is 316 g/mol. The van der Waals surface area contributed by atoms with E-state index in [1.807, 2.05) is 39.0 Å². The molecule has 0 radical (unpaired) electrons. The molecule has 0 saturated carbocycles. The predicted octanol–water partition coefficient (Wildman–Crippen LogP) is 1.82. The van der Waals surface area contributed by atoms with Crippen LogP contribution in [0, 0.1) is 19.8 Å². The molecule has 3 rings (SSSR count). The van der Waals surface area contributed by atoms with Crippen molar-refractivity contribution >= 4 is 11.7 Å². The van der Waals surface area contributed by atoms with Crippen molar-refractivity contribution < 1.29 is 4.79 Å². The Kier molecular flexibility index (Phi) is 5.01. The van der Waals surface area contributed by atoms with Crippen molar-refractivity contribution in [1.82, 2.24) is 24.6 Å². The van der Waals surface area contributed by atoms with Gasteiger partial charge in [0.2, 0.25) is 0 Å². The summed E-state index contributed by atoms with van der Waals surface area (Å²) < 4.78 is 1.66. The smallest absolute Gasteiger partial charge is 0.256 e. The molecule has 1 saturated heterocycles. The number of anilines is 1. The first-order chi connectivity index (χ1) is 11.9. The lowest BCUT2D eigenvalue weighted by Crippen LogP contribution is -2.40. The molecule has 0 unspecified atom stereocenters. The van der Waals surface area contributed by atoms with Crippen molar-refractivity contribution in [2.45, 2.75) is 26.7 Å². The molecule has 1 aliphatic rings. The Morgan fingerprint density at radius 2 is 2.00 bits per heavy atom. The van der Waals surface area contributed by atoms with Gasteiger partial charge < -0.3 is 9.80 Å². The normalized spacial score (nSPS) is 15.4. The first-order valence-electron chi connectivity index (χ1n) is 8.73. The van der Waals surface area contributed by atoms with E-state index in [-0.39, 0.29) is 5.91 Å². The van der Waals surface area contributed by atoms with Gasteiger partial charge in [-0.2, -0.15) is 5.10 Å². The summed E-state index contributed by atoms with van der Waals surface area (Å²) in [5.74, 6) is 1.55. The fraction of sp³-hybridized carbons (Fsp3) is 0.556. The third-order valence-corrected chi connectivity index (χ3v) is 4.80.